The van der Waals surface area contributed by atoms with Gasteiger partial charge in [-0.15, -0.1) is 0 Å². The Morgan fingerprint density at radius 1 is 1.26 bits per heavy atom. The maximum atomic E-state index is 12.1. The SMILES string of the molecule is CC(C)(C)OC(=O)n1cc(CCCNC(=O)/C=C/c2ccccc2)nc1N. The number of nitrogens with two attached hydrogens (primary N) is 1. The second-order valence-corrected chi connectivity index (χ2v) is 7.08. The van der Waals surface area contributed by atoms with Gasteiger partial charge in [0.15, 0.2) is 0 Å². The zero-order valence-corrected chi connectivity index (χ0v) is 15.9. The predicted molar refractivity (Wildman–Crippen MR) is 105 cm³/mol. The highest BCUT2D eigenvalue weighted by molar-refractivity contribution is 5.91. The third-order valence-electron chi connectivity index (χ3n) is 3.51. The normalized spacial score (nSPS) is 11.5. The van der Waals surface area contributed by atoms with Gasteiger partial charge >= 0.3 is 6.09 Å². The van der Waals surface area contributed by atoms with Gasteiger partial charge in [-0.3, -0.25) is 4.79 Å². The molecule has 2 aromatic rings. The van der Waals surface area contributed by atoms with Gasteiger partial charge in [-0.1, -0.05) is 30.3 Å². The van der Waals surface area contributed by atoms with Gasteiger partial charge in [0.05, 0.1) is 5.69 Å². The van der Waals surface area contributed by atoms with Gasteiger partial charge in [0.1, 0.15) is 5.60 Å². The first-order chi connectivity index (χ1) is 12.7. The van der Waals surface area contributed by atoms with E-state index in [-0.39, 0.29) is 11.9 Å². The number of ether oxygens (including phenoxy) is 1. The number of aromatic nitrogens is 2. The van der Waals surface area contributed by atoms with Gasteiger partial charge in [-0.25, -0.2) is 14.3 Å². The van der Waals surface area contributed by atoms with E-state index in [2.05, 4.69) is 10.3 Å². The van der Waals surface area contributed by atoms with Crippen molar-refractivity contribution in [2.24, 2.45) is 0 Å². The van der Waals surface area contributed by atoms with Crippen molar-refractivity contribution in [3.05, 3.63) is 53.9 Å². The van der Waals surface area contributed by atoms with E-state index >= 15 is 0 Å². The molecular weight excluding hydrogens is 344 g/mol. The van der Waals surface area contributed by atoms with Crippen LogP contribution >= 0.6 is 0 Å². The minimum absolute atomic E-state index is 0.0917. The van der Waals surface area contributed by atoms with E-state index < -0.39 is 11.7 Å². The number of aryl methyl sites for hydroxylation is 1. The molecule has 0 radical (unpaired) electrons. The summed E-state index contributed by atoms with van der Waals surface area (Å²) >= 11 is 0. The number of imidazole rings is 1. The van der Waals surface area contributed by atoms with Crippen LogP contribution in [0.4, 0.5) is 10.7 Å². The number of nitrogen functional groups attached to an aromatic ring is 1. The monoisotopic (exact) mass is 370 g/mol. The zero-order valence-electron chi connectivity index (χ0n) is 15.9. The summed E-state index contributed by atoms with van der Waals surface area (Å²) in [5.41, 5.74) is 6.82. The summed E-state index contributed by atoms with van der Waals surface area (Å²) in [6, 6.07) is 9.61. The predicted octanol–water partition coefficient (Wildman–Crippen LogP) is 3.01. The summed E-state index contributed by atoms with van der Waals surface area (Å²) < 4.78 is 6.47. The first-order valence-electron chi connectivity index (χ1n) is 8.82. The van der Waals surface area contributed by atoms with Gasteiger partial charge < -0.3 is 15.8 Å². The van der Waals surface area contributed by atoms with Gasteiger partial charge in [0.25, 0.3) is 0 Å². The number of benzene rings is 1. The zero-order chi connectivity index (χ0) is 19.9. The van der Waals surface area contributed by atoms with E-state index in [0.717, 1.165) is 5.56 Å². The largest absolute Gasteiger partial charge is 0.443 e. The van der Waals surface area contributed by atoms with Gasteiger partial charge in [-0.05, 0) is 45.3 Å². The molecule has 7 nitrogen and oxygen atoms in total. The molecule has 3 N–H and O–H groups in total. The lowest BCUT2D eigenvalue weighted by atomic mass is 10.2. The Hall–Kier alpha value is -3.09. The van der Waals surface area contributed by atoms with Crippen LogP contribution in [-0.4, -0.2) is 33.7 Å². The number of nitrogens with one attached hydrogen (secondary N) is 1. The molecule has 27 heavy (non-hydrogen) atoms. The average Bonchev–Trinajstić information content (AvgIpc) is 2.97. The molecule has 1 amide bonds. The second kappa shape index (κ2) is 9.02. The maximum absolute atomic E-state index is 12.1. The van der Waals surface area contributed by atoms with Crippen molar-refractivity contribution < 1.29 is 14.3 Å². The highest BCUT2D eigenvalue weighted by Gasteiger charge is 2.20. The number of amides is 1. The summed E-state index contributed by atoms with van der Waals surface area (Å²) in [5, 5.41) is 2.82. The summed E-state index contributed by atoms with van der Waals surface area (Å²) in [6.07, 6.45) is 5.54. The number of hydrogen-bond donors (Lipinski definition) is 2. The fourth-order valence-corrected chi connectivity index (χ4v) is 2.30. The van der Waals surface area contributed by atoms with E-state index in [1.54, 1.807) is 33.0 Å². The van der Waals surface area contributed by atoms with E-state index in [0.29, 0.717) is 25.1 Å². The summed E-state index contributed by atoms with van der Waals surface area (Å²) in [4.78, 5) is 28.0. The van der Waals surface area contributed by atoms with Crippen molar-refractivity contribution in [1.29, 1.82) is 0 Å². The molecule has 0 aliphatic carbocycles. The van der Waals surface area contributed by atoms with Crippen LogP contribution in [0.2, 0.25) is 0 Å². The van der Waals surface area contributed by atoms with E-state index in [1.807, 2.05) is 30.3 Å². The van der Waals surface area contributed by atoms with E-state index in [1.165, 1.54) is 10.6 Å². The van der Waals surface area contributed by atoms with Crippen LogP contribution in [0.5, 0.6) is 0 Å². The highest BCUT2D eigenvalue weighted by Crippen LogP contribution is 2.13. The maximum Gasteiger partial charge on any atom is 0.421 e. The highest BCUT2D eigenvalue weighted by atomic mass is 16.6. The van der Waals surface area contributed by atoms with Crippen molar-refractivity contribution in [2.45, 2.75) is 39.2 Å². The Morgan fingerprint density at radius 2 is 1.96 bits per heavy atom. The lowest BCUT2D eigenvalue weighted by Crippen LogP contribution is -2.27. The van der Waals surface area contributed by atoms with Crippen LogP contribution in [0, 0.1) is 0 Å². The quantitative estimate of drug-likeness (QED) is 0.601. The standard InChI is InChI=1S/C20H26N4O3/c1-20(2,3)27-19(26)24-14-16(23-18(24)21)10-7-13-22-17(25)12-11-15-8-5-4-6-9-15/h4-6,8-9,11-12,14H,7,10,13H2,1-3H3,(H2,21,23)(H,22,25)/b12-11+. The third-order valence-corrected chi connectivity index (χ3v) is 3.51. The topological polar surface area (TPSA) is 99.2 Å². The number of carbonyl (C=O) groups is 2. The average molecular weight is 370 g/mol. The van der Waals surface area contributed by atoms with Crippen molar-refractivity contribution >= 4 is 24.0 Å². The number of carbonyl (C=O) groups excluding carboxylic acids is 2. The van der Waals surface area contributed by atoms with Crippen LogP contribution in [0.25, 0.3) is 6.08 Å². The first kappa shape index (κ1) is 20.2. The summed E-state index contributed by atoms with van der Waals surface area (Å²) in [5.74, 6) is -0.0632. The Morgan fingerprint density at radius 3 is 2.63 bits per heavy atom. The second-order valence-electron chi connectivity index (χ2n) is 7.08. The summed E-state index contributed by atoms with van der Waals surface area (Å²) in [6.45, 7) is 5.85. The van der Waals surface area contributed by atoms with Crippen LogP contribution in [0.15, 0.2) is 42.6 Å². The summed E-state index contributed by atoms with van der Waals surface area (Å²) in [7, 11) is 0. The molecule has 2 rings (SSSR count). The van der Waals surface area contributed by atoms with Gasteiger partial charge in [0, 0.05) is 18.8 Å². The van der Waals surface area contributed by atoms with Crippen molar-refractivity contribution in [1.82, 2.24) is 14.9 Å². The van der Waals surface area contributed by atoms with Crippen LogP contribution in [0.3, 0.4) is 0 Å². The van der Waals surface area contributed by atoms with Crippen LogP contribution in [-0.2, 0) is 16.0 Å². The third kappa shape index (κ3) is 6.97. The molecular formula is C20H26N4O3. The van der Waals surface area contributed by atoms with E-state index in [4.69, 9.17) is 10.5 Å². The number of nitrogens with zero attached hydrogens (tertiary/aromatic N) is 2. The van der Waals surface area contributed by atoms with Crippen LogP contribution in [0.1, 0.15) is 38.4 Å². The van der Waals surface area contributed by atoms with Crippen molar-refractivity contribution in [2.75, 3.05) is 12.3 Å². The first-order valence-corrected chi connectivity index (χ1v) is 8.82. The molecule has 1 heterocycles. The Balaban J connectivity index is 1.77. The molecule has 1 aromatic carbocycles. The molecule has 0 aliphatic rings. The minimum Gasteiger partial charge on any atom is -0.443 e. The lowest BCUT2D eigenvalue weighted by molar-refractivity contribution is -0.116. The Bertz CT molecular complexity index is 804. The molecule has 0 saturated heterocycles. The molecule has 7 heteroatoms. The van der Waals surface area contributed by atoms with Gasteiger partial charge in [0.2, 0.25) is 11.9 Å². The molecule has 0 bridgehead atoms. The lowest BCUT2D eigenvalue weighted by Gasteiger charge is -2.19. The van der Waals surface area contributed by atoms with Crippen molar-refractivity contribution in [3.8, 4) is 0 Å². The fraction of sp³-hybridized carbons (Fsp3) is 0.350. The van der Waals surface area contributed by atoms with Crippen molar-refractivity contribution in [3.63, 3.8) is 0 Å². The number of anilines is 1. The molecule has 0 atom stereocenters. The van der Waals surface area contributed by atoms with Crippen LogP contribution < -0.4 is 11.1 Å². The van der Waals surface area contributed by atoms with Gasteiger partial charge in [-0.2, -0.15) is 0 Å². The molecule has 1 aromatic heterocycles. The molecule has 144 valence electrons. The molecule has 0 fully saturated rings. The smallest absolute Gasteiger partial charge is 0.421 e. The Kier molecular flexibility index (Phi) is 6.76. The fourth-order valence-electron chi connectivity index (χ4n) is 2.30. The molecule has 0 spiro atoms. The number of rotatable bonds is 6. The molecule has 0 unspecified atom stereocenters. The number of hydrogen-bond acceptors (Lipinski definition) is 5. The minimum atomic E-state index is -0.606. The Labute approximate surface area is 159 Å². The molecule has 0 aliphatic heterocycles. The molecule has 0 saturated carbocycles. The van der Waals surface area contributed by atoms with E-state index in [9.17, 15) is 9.59 Å².